The Balaban J connectivity index is 2.40. The normalized spacial score (nSPS) is 28.2. The molecule has 64 valence electrons. The number of fused-ring (bicyclic) bond motifs is 1. The van der Waals surface area contributed by atoms with Crippen LogP contribution in [0.2, 0.25) is 0 Å². The summed E-state index contributed by atoms with van der Waals surface area (Å²) in [6, 6.07) is 8.21. The fraction of sp³-hybridized carbons (Fsp3) is 0.333. The molecule has 1 aromatic rings. The van der Waals surface area contributed by atoms with E-state index in [-0.39, 0.29) is 0 Å². The van der Waals surface area contributed by atoms with Gasteiger partial charge in [-0.25, -0.2) is 0 Å². The van der Waals surface area contributed by atoms with Gasteiger partial charge in [0.15, 0.2) is 4.90 Å². The molecule has 1 heterocycles. The first-order valence-electron chi connectivity index (χ1n) is 4.03. The lowest BCUT2D eigenvalue weighted by Gasteiger charge is -2.23. The fourth-order valence-corrected chi connectivity index (χ4v) is 2.64. The standard InChI is InChI=1S/C9H11NOS/c1-7-6-8-4-2-3-5-9(8)12(11)10-7/h2-5,7,10H,6H2,1H3. The zero-order chi connectivity index (χ0) is 8.55. The highest BCUT2D eigenvalue weighted by Gasteiger charge is 2.25. The van der Waals surface area contributed by atoms with Gasteiger partial charge in [0.25, 0.3) is 0 Å². The van der Waals surface area contributed by atoms with Gasteiger partial charge in [-0.2, -0.15) is 0 Å². The number of benzene rings is 1. The van der Waals surface area contributed by atoms with Crippen LogP contribution in [0.5, 0.6) is 0 Å². The summed E-state index contributed by atoms with van der Waals surface area (Å²) in [6.45, 7) is 2.05. The molecule has 0 aromatic heterocycles. The number of hydrogen-bond donors (Lipinski definition) is 1. The van der Waals surface area contributed by atoms with Crippen LogP contribution in [0.25, 0.3) is 0 Å². The summed E-state index contributed by atoms with van der Waals surface area (Å²) in [5, 5.41) is 0. The van der Waals surface area contributed by atoms with Crippen molar-refractivity contribution < 1.29 is 4.55 Å². The van der Waals surface area contributed by atoms with Gasteiger partial charge in [-0.3, -0.25) is 0 Å². The second-order valence-electron chi connectivity index (χ2n) is 3.10. The summed E-state index contributed by atoms with van der Waals surface area (Å²) in [4.78, 5) is 0.940. The monoisotopic (exact) mass is 181 g/mol. The third kappa shape index (κ3) is 1.35. The first kappa shape index (κ1) is 8.10. The molecule has 0 spiro atoms. The van der Waals surface area contributed by atoms with Crippen LogP contribution in [0.3, 0.4) is 0 Å². The minimum absolute atomic E-state index is 0.320. The predicted molar refractivity (Wildman–Crippen MR) is 49.2 cm³/mol. The van der Waals surface area contributed by atoms with Crippen LogP contribution < -0.4 is 4.72 Å². The Hall–Kier alpha value is -0.510. The maximum atomic E-state index is 11.5. The second kappa shape index (κ2) is 3.09. The highest BCUT2D eigenvalue weighted by Crippen LogP contribution is 2.21. The molecule has 0 aliphatic carbocycles. The van der Waals surface area contributed by atoms with E-state index in [9.17, 15) is 4.55 Å². The van der Waals surface area contributed by atoms with Gasteiger partial charge in [-0.05, 0) is 19.4 Å². The molecule has 2 rings (SSSR count). The van der Waals surface area contributed by atoms with E-state index in [0.717, 1.165) is 11.3 Å². The predicted octanol–water partition coefficient (Wildman–Crippen LogP) is 1.24. The molecule has 1 aliphatic heterocycles. The largest absolute Gasteiger partial charge is 0.593 e. The van der Waals surface area contributed by atoms with Crippen molar-refractivity contribution in [3.63, 3.8) is 0 Å². The van der Waals surface area contributed by atoms with Gasteiger partial charge in [0.2, 0.25) is 0 Å². The zero-order valence-corrected chi connectivity index (χ0v) is 7.73. The second-order valence-corrected chi connectivity index (χ2v) is 4.31. The van der Waals surface area contributed by atoms with Crippen LogP contribution in [-0.4, -0.2) is 10.6 Å². The van der Waals surface area contributed by atoms with E-state index in [1.807, 2.05) is 31.2 Å². The molecular weight excluding hydrogens is 170 g/mol. The van der Waals surface area contributed by atoms with E-state index in [1.165, 1.54) is 5.56 Å². The van der Waals surface area contributed by atoms with Crippen molar-refractivity contribution in [1.82, 2.24) is 4.72 Å². The molecule has 1 aromatic carbocycles. The summed E-state index contributed by atoms with van der Waals surface area (Å²) in [5.74, 6) is 0. The lowest BCUT2D eigenvalue weighted by molar-refractivity contribution is 0.543. The maximum Gasteiger partial charge on any atom is 0.177 e. The highest BCUT2D eigenvalue weighted by molar-refractivity contribution is 7.89. The molecule has 2 nitrogen and oxygen atoms in total. The van der Waals surface area contributed by atoms with Gasteiger partial charge in [-0.15, -0.1) is 4.72 Å². The van der Waals surface area contributed by atoms with Gasteiger partial charge in [0.1, 0.15) is 0 Å². The molecule has 1 N–H and O–H groups in total. The SMILES string of the molecule is CC1Cc2ccccc2[S+]([O-])N1. The lowest BCUT2D eigenvalue weighted by Crippen LogP contribution is -2.38. The topological polar surface area (TPSA) is 35.1 Å². The minimum Gasteiger partial charge on any atom is -0.593 e. The molecule has 1 aliphatic rings. The Labute approximate surface area is 75.3 Å². The third-order valence-electron chi connectivity index (χ3n) is 2.01. The summed E-state index contributed by atoms with van der Waals surface area (Å²) in [7, 11) is 0. The quantitative estimate of drug-likeness (QED) is 0.611. The Morgan fingerprint density at radius 3 is 3.08 bits per heavy atom. The average molecular weight is 181 g/mol. The van der Waals surface area contributed by atoms with Crippen molar-refractivity contribution in [1.29, 1.82) is 0 Å². The third-order valence-corrected chi connectivity index (χ3v) is 3.42. The molecule has 0 saturated carbocycles. The Morgan fingerprint density at radius 1 is 1.50 bits per heavy atom. The smallest absolute Gasteiger partial charge is 0.177 e. The Morgan fingerprint density at radius 2 is 2.25 bits per heavy atom. The molecule has 0 saturated heterocycles. The van der Waals surface area contributed by atoms with E-state index < -0.39 is 11.4 Å². The molecule has 3 heteroatoms. The first-order chi connectivity index (χ1) is 5.77. The molecule has 2 unspecified atom stereocenters. The van der Waals surface area contributed by atoms with Crippen molar-refractivity contribution >= 4 is 11.4 Å². The zero-order valence-electron chi connectivity index (χ0n) is 6.91. The molecule has 0 bridgehead atoms. The van der Waals surface area contributed by atoms with Crippen molar-refractivity contribution in [3.8, 4) is 0 Å². The lowest BCUT2D eigenvalue weighted by atomic mass is 10.1. The highest BCUT2D eigenvalue weighted by atomic mass is 32.2. The van der Waals surface area contributed by atoms with Crippen LogP contribution >= 0.6 is 0 Å². The van der Waals surface area contributed by atoms with Crippen molar-refractivity contribution in [2.45, 2.75) is 24.3 Å². The van der Waals surface area contributed by atoms with E-state index in [2.05, 4.69) is 4.72 Å². The van der Waals surface area contributed by atoms with E-state index >= 15 is 0 Å². The van der Waals surface area contributed by atoms with Crippen molar-refractivity contribution in [2.75, 3.05) is 0 Å². The van der Waals surface area contributed by atoms with Gasteiger partial charge < -0.3 is 4.55 Å². The molecule has 0 amide bonds. The fourth-order valence-electron chi connectivity index (χ4n) is 1.47. The minimum atomic E-state index is -0.995. The van der Waals surface area contributed by atoms with Gasteiger partial charge in [0, 0.05) is 5.56 Å². The van der Waals surface area contributed by atoms with Crippen LogP contribution in [0.15, 0.2) is 29.2 Å². The Bertz CT molecular complexity index is 290. The van der Waals surface area contributed by atoms with Crippen molar-refractivity contribution in [2.24, 2.45) is 0 Å². The van der Waals surface area contributed by atoms with Gasteiger partial charge in [0.05, 0.1) is 17.4 Å². The van der Waals surface area contributed by atoms with Crippen LogP contribution in [0.1, 0.15) is 12.5 Å². The van der Waals surface area contributed by atoms with Crippen molar-refractivity contribution in [3.05, 3.63) is 29.8 Å². The van der Waals surface area contributed by atoms with Crippen LogP contribution in [0, 0.1) is 0 Å². The average Bonchev–Trinajstić information content (AvgIpc) is 2.04. The summed E-state index contributed by atoms with van der Waals surface area (Å²) in [6.07, 6.45) is 0.974. The maximum absolute atomic E-state index is 11.5. The number of nitrogens with one attached hydrogen (secondary N) is 1. The number of hydrogen-bond acceptors (Lipinski definition) is 2. The van der Waals surface area contributed by atoms with Gasteiger partial charge in [-0.1, -0.05) is 18.2 Å². The molecule has 12 heavy (non-hydrogen) atoms. The van der Waals surface area contributed by atoms with Crippen LogP contribution in [0.4, 0.5) is 0 Å². The molecule has 0 radical (unpaired) electrons. The Kier molecular flexibility index (Phi) is 2.09. The molecule has 2 atom stereocenters. The van der Waals surface area contributed by atoms with Gasteiger partial charge >= 0.3 is 0 Å². The van der Waals surface area contributed by atoms with E-state index in [4.69, 9.17) is 0 Å². The van der Waals surface area contributed by atoms with E-state index in [0.29, 0.717) is 6.04 Å². The summed E-state index contributed by atoms with van der Waals surface area (Å²) < 4.78 is 14.5. The first-order valence-corrected chi connectivity index (χ1v) is 5.18. The molecule has 0 fully saturated rings. The number of rotatable bonds is 0. The summed E-state index contributed by atoms with van der Waals surface area (Å²) in [5.41, 5.74) is 1.21. The molecular formula is C9H11NOS. The summed E-state index contributed by atoms with van der Waals surface area (Å²) >= 11 is -0.995. The van der Waals surface area contributed by atoms with Crippen LogP contribution in [-0.2, 0) is 17.8 Å². The van der Waals surface area contributed by atoms with E-state index in [1.54, 1.807) is 0 Å².